The molecule has 0 bridgehead atoms. The molecule has 0 saturated carbocycles. The van der Waals surface area contributed by atoms with E-state index in [4.69, 9.17) is 29.9 Å². The first-order valence-corrected chi connectivity index (χ1v) is 21.7. The van der Waals surface area contributed by atoms with Gasteiger partial charge in [-0.2, -0.15) is 0 Å². The van der Waals surface area contributed by atoms with Gasteiger partial charge in [-0.3, -0.25) is 8.97 Å². The summed E-state index contributed by atoms with van der Waals surface area (Å²) in [7, 11) is 0. The van der Waals surface area contributed by atoms with E-state index in [9.17, 15) is 0 Å². The molecule has 0 fully saturated rings. The molecule has 6 heterocycles. The molecule has 11 rings (SSSR count). The van der Waals surface area contributed by atoms with Crippen molar-refractivity contribution in [3.8, 4) is 102 Å². The molecule has 0 N–H and O–H groups in total. The fourth-order valence-corrected chi connectivity index (χ4v) is 8.46. The zero-order valence-corrected chi connectivity index (χ0v) is 35.8. The van der Waals surface area contributed by atoms with Crippen molar-refractivity contribution in [2.45, 2.75) is 0 Å². The van der Waals surface area contributed by atoms with Gasteiger partial charge in [0.1, 0.15) is 22.9 Å². The Balaban J connectivity index is 1.17. The molecule has 0 aliphatic rings. The molecule has 0 radical (unpaired) electrons. The molecule has 0 amide bonds. The third kappa shape index (κ3) is 7.48. The Kier molecular flexibility index (Phi) is 10.3. The van der Waals surface area contributed by atoms with Crippen LogP contribution in [-0.4, -0.2) is 38.9 Å². The maximum absolute atomic E-state index is 5.44. The second kappa shape index (κ2) is 17.2. The van der Waals surface area contributed by atoms with Crippen molar-refractivity contribution in [2.75, 3.05) is 0 Å². The van der Waals surface area contributed by atoms with Crippen LogP contribution in [0.2, 0.25) is 0 Å². The van der Waals surface area contributed by atoms with Crippen LogP contribution in [0.1, 0.15) is 5.82 Å². The summed E-state index contributed by atoms with van der Waals surface area (Å²) in [5.41, 5.74) is 14.9. The van der Waals surface area contributed by atoms with E-state index in [-0.39, 0.29) is 0 Å². The van der Waals surface area contributed by atoms with Crippen LogP contribution in [0.3, 0.4) is 0 Å². The third-order valence-corrected chi connectivity index (χ3v) is 11.6. The number of hydrogen-bond donors (Lipinski definition) is 0. The lowest BCUT2D eigenvalue weighted by molar-refractivity contribution is 1.11. The van der Waals surface area contributed by atoms with E-state index in [0.29, 0.717) is 51.5 Å². The lowest BCUT2D eigenvalue weighted by Crippen LogP contribution is -2.01. The first-order valence-electron chi connectivity index (χ1n) is 21.7. The molecule has 0 aliphatic carbocycles. The van der Waals surface area contributed by atoms with Gasteiger partial charge >= 0.3 is 0 Å². The second-order valence-corrected chi connectivity index (χ2v) is 15.7. The van der Waals surface area contributed by atoms with Crippen LogP contribution in [0.15, 0.2) is 220 Å². The van der Waals surface area contributed by atoms with Crippen molar-refractivity contribution in [1.29, 1.82) is 0 Å². The first kappa shape index (κ1) is 39.7. The molecule has 0 aliphatic heterocycles. The minimum Gasteiger partial charge on any atom is -0.300 e. The van der Waals surface area contributed by atoms with Gasteiger partial charge in [0.2, 0.25) is 0 Å². The Labute approximate surface area is 382 Å². The molecule has 0 saturated heterocycles. The van der Waals surface area contributed by atoms with E-state index in [0.717, 1.165) is 61.7 Å². The van der Waals surface area contributed by atoms with Crippen LogP contribution in [0.4, 0.5) is 0 Å². The largest absolute Gasteiger partial charge is 0.300 e. The standard InChI is InChI=1S/C58H40N8/c1-3-52-63-54(56(65(52)4-2)41-26-14-7-15-27-41)50-36-44(39-22-10-5-11-23-39)34-46(59-50)48-38-49(62-58(61-48)43-30-18-9-19-31-43)47-35-45(40-24-12-6-13-25-40)37-51(60-47)55-57(42-28-16-8-17-29-42)66-33-21-20-32-53(66)64-55/h3-38H,1-2H2. The van der Waals surface area contributed by atoms with Crippen molar-refractivity contribution in [3.63, 3.8) is 0 Å². The molecule has 0 unspecified atom stereocenters. The zero-order chi connectivity index (χ0) is 44.4. The number of aromatic nitrogens is 8. The number of nitrogens with zero attached hydrogens (tertiary/aromatic N) is 8. The van der Waals surface area contributed by atoms with Crippen LogP contribution in [-0.2, 0) is 0 Å². The number of imidazole rings is 2. The number of benzene rings is 5. The van der Waals surface area contributed by atoms with Gasteiger partial charge in [0.25, 0.3) is 0 Å². The van der Waals surface area contributed by atoms with Crippen LogP contribution in [0.5, 0.6) is 0 Å². The summed E-state index contributed by atoms with van der Waals surface area (Å²) in [4.78, 5) is 31.8. The van der Waals surface area contributed by atoms with E-state index < -0.39 is 0 Å². The quantitative estimate of drug-likeness (QED) is 0.129. The summed E-state index contributed by atoms with van der Waals surface area (Å²) in [6, 6.07) is 67.6. The normalized spacial score (nSPS) is 11.2. The summed E-state index contributed by atoms with van der Waals surface area (Å²) >= 11 is 0. The van der Waals surface area contributed by atoms with Gasteiger partial charge in [-0.25, -0.2) is 29.9 Å². The fraction of sp³-hybridized carbons (Fsp3) is 0. The molecule has 66 heavy (non-hydrogen) atoms. The highest BCUT2D eigenvalue weighted by atomic mass is 15.1. The minimum absolute atomic E-state index is 0.539. The average molecular weight is 849 g/mol. The Morgan fingerprint density at radius 3 is 1.27 bits per heavy atom. The van der Waals surface area contributed by atoms with Crippen molar-refractivity contribution in [1.82, 2.24) is 38.9 Å². The smallest absolute Gasteiger partial charge is 0.160 e. The highest BCUT2D eigenvalue weighted by Gasteiger charge is 2.23. The average Bonchev–Trinajstić information content (AvgIpc) is 3.99. The summed E-state index contributed by atoms with van der Waals surface area (Å²) in [5, 5.41) is 0. The monoisotopic (exact) mass is 848 g/mol. The highest BCUT2D eigenvalue weighted by molar-refractivity contribution is 5.86. The van der Waals surface area contributed by atoms with Gasteiger partial charge in [0.15, 0.2) is 5.82 Å². The van der Waals surface area contributed by atoms with E-state index in [1.165, 1.54) is 0 Å². The van der Waals surface area contributed by atoms with Crippen LogP contribution in [0, 0.1) is 0 Å². The van der Waals surface area contributed by atoms with E-state index in [1.807, 2.05) is 138 Å². The van der Waals surface area contributed by atoms with Gasteiger partial charge in [-0.05, 0) is 70.8 Å². The fourth-order valence-electron chi connectivity index (χ4n) is 8.46. The lowest BCUT2D eigenvalue weighted by atomic mass is 10.00. The SMILES string of the molecule is C=Cc1nc(-c2cc(-c3ccccc3)cc(-c3cc(-c4cc(-c5ccccc5)cc(-c5nc6ccccn6c5-c5ccccc5)n4)nc(-c4ccccc4)n3)n2)c(-c2ccccc2)n1C=C. The zero-order valence-electron chi connectivity index (χ0n) is 35.8. The van der Waals surface area contributed by atoms with Crippen LogP contribution < -0.4 is 0 Å². The minimum atomic E-state index is 0.539. The summed E-state index contributed by atoms with van der Waals surface area (Å²) in [5.74, 6) is 1.20. The molecule has 0 atom stereocenters. The van der Waals surface area contributed by atoms with E-state index in [1.54, 1.807) is 12.3 Å². The molecular weight excluding hydrogens is 809 g/mol. The number of fused-ring (bicyclic) bond motifs is 1. The van der Waals surface area contributed by atoms with Gasteiger partial charge < -0.3 is 0 Å². The number of rotatable bonds is 11. The Hall–Kier alpha value is -9.14. The summed E-state index contributed by atoms with van der Waals surface area (Å²) in [6.45, 7) is 8.24. The van der Waals surface area contributed by atoms with Gasteiger partial charge in [0.05, 0.1) is 45.6 Å². The number of hydrogen-bond acceptors (Lipinski definition) is 6. The Bertz CT molecular complexity index is 3540. The predicted octanol–water partition coefficient (Wildman–Crippen LogP) is 13.9. The van der Waals surface area contributed by atoms with Crippen molar-refractivity contribution in [2.24, 2.45) is 0 Å². The van der Waals surface area contributed by atoms with E-state index >= 15 is 0 Å². The second-order valence-electron chi connectivity index (χ2n) is 15.7. The van der Waals surface area contributed by atoms with Crippen LogP contribution >= 0.6 is 0 Å². The summed E-state index contributed by atoms with van der Waals surface area (Å²) in [6.07, 6.45) is 5.55. The predicted molar refractivity (Wildman–Crippen MR) is 268 cm³/mol. The Morgan fingerprint density at radius 2 is 0.773 bits per heavy atom. The van der Waals surface area contributed by atoms with Crippen molar-refractivity contribution >= 4 is 17.9 Å². The maximum Gasteiger partial charge on any atom is 0.160 e. The van der Waals surface area contributed by atoms with Gasteiger partial charge in [0, 0.05) is 29.1 Å². The molecule has 0 spiro atoms. The molecule has 11 aromatic rings. The van der Waals surface area contributed by atoms with Crippen molar-refractivity contribution in [3.05, 3.63) is 225 Å². The molecule has 312 valence electrons. The van der Waals surface area contributed by atoms with E-state index in [2.05, 4.69) is 90.4 Å². The lowest BCUT2D eigenvalue weighted by Gasteiger charge is -2.14. The van der Waals surface area contributed by atoms with Gasteiger partial charge in [-0.1, -0.05) is 171 Å². The molecule has 6 aromatic heterocycles. The molecule has 8 nitrogen and oxygen atoms in total. The third-order valence-electron chi connectivity index (χ3n) is 11.6. The molecular formula is C58H40N8. The number of pyridine rings is 3. The topological polar surface area (TPSA) is 86.7 Å². The summed E-state index contributed by atoms with van der Waals surface area (Å²) < 4.78 is 4.08. The molecule has 5 aromatic carbocycles. The first-order chi connectivity index (χ1) is 32.6. The maximum atomic E-state index is 5.44. The highest BCUT2D eigenvalue weighted by Crippen LogP contribution is 2.39. The van der Waals surface area contributed by atoms with Crippen LogP contribution in [0.25, 0.3) is 120 Å². The van der Waals surface area contributed by atoms with Crippen molar-refractivity contribution < 1.29 is 0 Å². The Morgan fingerprint density at radius 1 is 0.348 bits per heavy atom. The molecule has 8 heteroatoms. The van der Waals surface area contributed by atoms with Gasteiger partial charge in [-0.15, -0.1) is 0 Å².